The van der Waals surface area contributed by atoms with Gasteiger partial charge in [0.25, 0.3) is 0 Å². The van der Waals surface area contributed by atoms with E-state index >= 15 is 0 Å². The van der Waals surface area contributed by atoms with Gasteiger partial charge in [-0.05, 0) is 18.2 Å². The van der Waals surface area contributed by atoms with Crippen LogP contribution in [0.1, 0.15) is 13.8 Å². The van der Waals surface area contributed by atoms with Crippen LogP contribution in [0.5, 0.6) is 5.75 Å². The van der Waals surface area contributed by atoms with E-state index in [-0.39, 0.29) is 0 Å². The lowest BCUT2D eigenvalue weighted by atomic mass is 10.1. The van der Waals surface area contributed by atoms with Gasteiger partial charge < -0.3 is 16.2 Å². The molecule has 96 valence electrons. The molecule has 0 unspecified atom stereocenters. The van der Waals surface area contributed by atoms with E-state index in [1.54, 1.807) is 13.2 Å². The predicted octanol–water partition coefficient (Wildman–Crippen LogP) is 2.95. The fraction of sp³-hybridized carbons (Fsp3) is 0.214. The average molecular weight is 245 g/mol. The zero-order chi connectivity index (χ0) is 13.5. The molecule has 2 rings (SSSR count). The molecule has 1 aromatic heterocycles. The van der Waals surface area contributed by atoms with E-state index in [0.717, 1.165) is 16.9 Å². The molecular formula is C14H19N3O. The molecule has 0 bridgehead atoms. The Balaban J connectivity index is 0.000000771. The minimum atomic E-state index is 0.407. The van der Waals surface area contributed by atoms with Crippen LogP contribution in [0.15, 0.2) is 36.4 Å². The van der Waals surface area contributed by atoms with Crippen LogP contribution in [0.4, 0.5) is 11.6 Å². The number of hydrogen-bond acceptors (Lipinski definition) is 4. The highest BCUT2D eigenvalue weighted by Gasteiger charge is 2.08. The van der Waals surface area contributed by atoms with Gasteiger partial charge in [0.1, 0.15) is 17.4 Å². The molecule has 0 atom stereocenters. The second-order valence-corrected chi connectivity index (χ2v) is 3.37. The van der Waals surface area contributed by atoms with Gasteiger partial charge in [-0.2, -0.15) is 0 Å². The molecule has 0 aliphatic rings. The average Bonchev–Trinajstić information content (AvgIpc) is 2.41. The summed E-state index contributed by atoms with van der Waals surface area (Å²) in [6.45, 7) is 4.00. The summed E-state index contributed by atoms with van der Waals surface area (Å²) >= 11 is 0. The van der Waals surface area contributed by atoms with Crippen molar-refractivity contribution in [2.75, 3.05) is 18.6 Å². The van der Waals surface area contributed by atoms with Crippen LogP contribution in [-0.2, 0) is 0 Å². The maximum Gasteiger partial charge on any atom is 0.133 e. The number of para-hydroxylation sites is 1. The molecule has 1 heterocycles. The number of nitrogens with zero attached hydrogens (tertiary/aromatic N) is 1. The van der Waals surface area contributed by atoms with Gasteiger partial charge in [-0.25, -0.2) is 4.98 Å². The highest BCUT2D eigenvalue weighted by molar-refractivity contribution is 5.79. The van der Waals surface area contributed by atoms with Crippen LogP contribution in [-0.4, -0.2) is 12.1 Å². The number of rotatable bonds is 2. The van der Waals surface area contributed by atoms with E-state index < -0.39 is 0 Å². The number of hydrogen-bond donors (Lipinski definition) is 2. The Hall–Kier alpha value is -2.23. The number of benzene rings is 1. The zero-order valence-electron chi connectivity index (χ0n) is 11.0. The zero-order valence-corrected chi connectivity index (χ0v) is 11.0. The molecule has 0 aliphatic heterocycles. The molecule has 1 aromatic carbocycles. The van der Waals surface area contributed by atoms with Crippen molar-refractivity contribution in [3.63, 3.8) is 0 Å². The third kappa shape index (κ3) is 2.91. The predicted molar refractivity (Wildman–Crippen MR) is 76.4 cm³/mol. The Bertz CT molecular complexity index is 512. The second kappa shape index (κ2) is 6.49. The van der Waals surface area contributed by atoms with Crippen LogP contribution in [0.2, 0.25) is 0 Å². The molecule has 18 heavy (non-hydrogen) atoms. The van der Waals surface area contributed by atoms with Gasteiger partial charge in [-0.3, -0.25) is 0 Å². The summed E-state index contributed by atoms with van der Waals surface area (Å²) in [5, 5.41) is 0. The first-order valence-electron chi connectivity index (χ1n) is 5.87. The largest absolute Gasteiger partial charge is 0.496 e. The monoisotopic (exact) mass is 245 g/mol. The Morgan fingerprint density at radius 2 is 1.61 bits per heavy atom. The van der Waals surface area contributed by atoms with Gasteiger partial charge in [0.05, 0.1) is 7.11 Å². The first-order valence-corrected chi connectivity index (χ1v) is 5.87. The Morgan fingerprint density at radius 3 is 2.22 bits per heavy atom. The van der Waals surface area contributed by atoms with E-state index in [1.807, 2.05) is 44.2 Å². The SMILES string of the molecule is CC.COc1ccccc1-c1ccc(N)nc1N. The molecule has 0 fully saturated rings. The molecule has 0 spiro atoms. The van der Waals surface area contributed by atoms with E-state index in [1.165, 1.54) is 0 Å². The quantitative estimate of drug-likeness (QED) is 0.853. The number of methoxy groups -OCH3 is 1. The number of aromatic nitrogens is 1. The van der Waals surface area contributed by atoms with Gasteiger partial charge in [-0.15, -0.1) is 0 Å². The standard InChI is InChI=1S/C12H13N3O.C2H6/c1-16-10-5-3-2-4-8(10)9-6-7-11(13)15-12(9)14;1-2/h2-7H,1H3,(H4,13,14,15);1-2H3. The molecule has 4 nitrogen and oxygen atoms in total. The first kappa shape index (κ1) is 13.8. The number of nitrogens with two attached hydrogens (primary N) is 2. The minimum Gasteiger partial charge on any atom is -0.496 e. The molecule has 4 heteroatoms. The van der Waals surface area contributed by atoms with Crippen molar-refractivity contribution >= 4 is 11.6 Å². The smallest absolute Gasteiger partial charge is 0.133 e. The van der Waals surface area contributed by atoms with Gasteiger partial charge in [0.2, 0.25) is 0 Å². The fourth-order valence-electron chi connectivity index (χ4n) is 1.59. The summed E-state index contributed by atoms with van der Waals surface area (Å²) in [6, 6.07) is 11.2. The number of pyridine rings is 1. The van der Waals surface area contributed by atoms with Crippen LogP contribution in [0.3, 0.4) is 0 Å². The number of anilines is 2. The molecule has 0 amide bonds. The van der Waals surface area contributed by atoms with Crippen LogP contribution < -0.4 is 16.2 Å². The highest BCUT2D eigenvalue weighted by Crippen LogP contribution is 2.32. The van der Waals surface area contributed by atoms with Gasteiger partial charge in [0, 0.05) is 11.1 Å². The van der Waals surface area contributed by atoms with E-state index in [9.17, 15) is 0 Å². The van der Waals surface area contributed by atoms with Crippen LogP contribution >= 0.6 is 0 Å². The molecule has 0 saturated carbocycles. The highest BCUT2D eigenvalue weighted by atomic mass is 16.5. The minimum absolute atomic E-state index is 0.407. The van der Waals surface area contributed by atoms with Crippen molar-refractivity contribution in [1.82, 2.24) is 4.98 Å². The maximum absolute atomic E-state index is 5.83. The topological polar surface area (TPSA) is 74.2 Å². The van der Waals surface area contributed by atoms with E-state index in [0.29, 0.717) is 11.6 Å². The molecule has 2 aromatic rings. The van der Waals surface area contributed by atoms with Crippen molar-refractivity contribution in [2.24, 2.45) is 0 Å². The molecular weight excluding hydrogens is 226 g/mol. The third-order valence-corrected chi connectivity index (χ3v) is 2.34. The molecule has 0 radical (unpaired) electrons. The maximum atomic E-state index is 5.83. The van der Waals surface area contributed by atoms with E-state index in [4.69, 9.17) is 16.2 Å². The summed E-state index contributed by atoms with van der Waals surface area (Å²) in [5.41, 5.74) is 13.1. The summed E-state index contributed by atoms with van der Waals surface area (Å²) in [4.78, 5) is 4.03. The lowest BCUT2D eigenvalue weighted by Gasteiger charge is -2.10. The number of nitrogen functional groups attached to an aromatic ring is 2. The summed E-state index contributed by atoms with van der Waals surface area (Å²) in [6.07, 6.45) is 0. The molecule has 4 N–H and O–H groups in total. The second-order valence-electron chi connectivity index (χ2n) is 3.37. The van der Waals surface area contributed by atoms with Crippen LogP contribution in [0.25, 0.3) is 11.1 Å². The Morgan fingerprint density at radius 1 is 0.944 bits per heavy atom. The van der Waals surface area contributed by atoms with Crippen molar-refractivity contribution in [3.8, 4) is 16.9 Å². The van der Waals surface area contributed by atoms with Gasteiger partial charge in [0.15, 0.2) is 0 Å². The Labute approximate surface area is 108 Å². The van der Waals surface area contributed by atoms with Crippen molar-refractivity contribution in [3.05, 3.63) is 36.4 Å². The third-order valence-electron chi connectivity index (χ3n) is 2.34. The first-order chi connectivity index (χ1) is 8.72. The van der Waals surface area contributed by atoms with Crippen LogP contribution in [0, 0.1) is 0 Å². The van der Waals surface area contributed by atoms with Crippen molar-refractivity contribution < 1.29 is 4.74 Å². The fourth-order valence-corrected chi connectivity index (χ4v) is 1.59. The number of ether oxygens (including phenoxy) is 1. The lowest BCUT2D eigenvalue weighted by Crippen LogP contribution is -1.99. The Kier molecular flexibility index (Phi) is 4.99. The summed E-state index contributed by atoms with van der Waals surface area (Å²) in [7, 11) is 1.62. The summed E-state index contributed by atoms with van der Waals surface area (Å²) < 4.78 is 5.27. The van der Waals surface area contributed by atoms with E-state index in [2.05, 4.69) is 4.98 Å². The van der Waals surface area contributed by atoms with Crippen molar-refractivity contribution in [2.45, 2.75) is 13.8 Å². The molecule has 0 aliphatic carbocycles. The lowest BCUT2D eigenvalue weighted by molar-refractivity contribution is 0.416. The molecule has 0 saturated heterocycles. The van der Waals surface area contributed by atoms with Gasteiger partial charge in [-0.1, -0.05) is 32.0 Å². The van der Waals surface area contributed by atoms with Crippen molar-refractivity contribution in [1.29, 1.82) is 0 Å². The summed E-state index contributed by atoms with van der Waals surface area (Å²) in [5.74, 6) is 1.58. The van der Waals surface area contributed by atoms with Gasteiger partial charge >= 0.3 is 0 Å². The normalized spacial score (nSPS) is 9.28.